The van der Waals surface area contributed by atoms with E-state index in [0.717, 1.165) is 18.4 Å². The summed E-state index contributed by atoms with van der Waals surface area (Å²) in [5.41, 5.74) is 1.10. The Balaban J connectivity index is 1.54. The monoisotopic (exact) mass is 320 g/mol. The fourth-order valence-electron chi connectivity index (χ4n) is 3.35. The minimum absolute atomic E-state index is 0.0333. The van der Waals surface area contributed by atoms with Gasteiger partial charge in [-0.2, -0.15) is 0 Å². The van der Waals surface area contributed by atoms with Gasteiger partial charge < -0.3 is 19.3 Å². The average molecular weight is 320 g/mol. The van der Waals surface area contributed by atoms with Crippen LogP contribution in [0.3, 0.4) is 0 Å². The molecule has 2 aliphatic rings. The number of aliphatic hydroxyl groups excluding tert-OH is 1. The van der Waals surface area contributed by atoms with E-state index in [9.17, 15) is 9.90 Å². The molecule has 0 unspecified atom stereocenters. The summed E-state index contributed by atoms with van der Waals surface area (Å²) >= 11 is 0. The molecule has 2 aliphatic heterocycles. The molecule has 5 heteroatoms. The summed E-state index contributed by atoms with van der Waals surface area (Å²) in [6.07, 6.45) is 2.53. The standard InChI is InChI=1S/C18H24O5/c19-11-16-7-4-8-18(22-16)10-15(20)9-17(23-18)13-21-12-14-5-2-1-3-6-14/h1-3,5-6,16-17,19H,4,7-13H2/t16-,17-,18-/m0/s1. The van der Waals surface area contributed by atoms with Gasteiger partial charge in [-0.15, -0.1) is 0 Å². The summed E-state index contributed by atoms with van der Waals surface area (Å²) in [6, 6.07) is 9.92. The zero-order chi connectivity index (χ0) is 16.1. The SMILES string of the molecule is O=C1C[C@@H](COCc2ccccc2)O[C@@]2(CCC[C@@H](CO)O2)C1. The van der Waals surface area contributed by atoms with Gasteiger partial charge in [0.15, 0.2) is 5.79 Å². The number of ether oxygens (including phenoxy) is 3. The van der Waals surface area contributed by atoms with Crippen LogP contribution in [0, 0.1) is 0 Å². The van der Waals surface area contributed by atoms with E-state index < -0.39 is 5.79 Å². The van der Waals surface area contributed by atoms with Crippen LogP contribution in [0.15, 0.2) is 30.3 Å². The number of Topliss-reactive ketones (excluding diaryl/α,β-unsaturated/α-hetero) is 1. The molecule has 3 atom stereocenters. The summed E-state index contributed by atoms with van der Waals surface area (Å²) in [4.78, 5) is 12.1. The third kappa shape index (κ3) is 4.38. The van der Waals surface area contributed by atoms with Gasteiger partial charge in [0.05, 0.1) is 38.4 Å². The highest BCUT2D eigenvalue weighted by Crippen LogP contribution is 2.37. The predicted octanol–water partition coefficient (Wildman–Crippen LogP) is 2.21. The minimum Gasteiger partial charge on any atom is -0.394 e. The van der Waals surface area contributed by atoms with Crippen molar-refractivity contribution in [2.45, 2.75) is 56.7 Å². The molecule has 5 nitrogen and oxygen atoms in total. The lowest BCUT2D eigenvalue weighted by Gasteiger charge is -2.44. The molecule has 1 aromatic rings. The van der Waals surface area contributed by atoms with Gasteiger partial charge in [-0.3, -0.25) is 4.79 Å². The normalized spacial score (nSPS) is 31.4. The molecule has 2 fully saturated rings. The van der Waals surface area contributed by atoms with Crippen LogP contribution >= 0.6 is 0 Å². The van der Waals surface area contributed by atoms with Crippen LogP contribution < -0.4 is 0 Å². The Morgan fingerprint density at radius 3 is 2.78 bits per heavy atom. The second-order valence-corrected chi connectivity index (χ2v) is 6.39. The molecule has 2 heterocycles. The Labute approximate surface area is 136 Å². The van der Waals surface area contributed by atoms with Gasteiger partial charge in [0.1, 0.15) is 5.78 Å². The van der Waals surface area contributed by atoms with E-state index in [2.05, 4.69) is 0 Å². The predicted molar refractivity (Wildman–Crippen MR) is 83.8 cm³/mol. The molecule has 23 heavy (non-hydrogen) atoms. The van der Waals surface area contributed by atoms with E-state index in [1.54, 1.807) is 0 Å². The Bertz CT molecular complexity index is 517. The third-order valence-electron chi connectivity index (χ3n) is 4.39. The van der Waals surface area contributed by atoms with Gasteiger partial charge in [-0.1, -0.05) is 30.3 Å². The largest absolute Gasteiger partial charge is 0.394 e. The molecular formula is C18H24O5. The Morgan fingerprint density at radius 2 is 2.00 bits per heavy atom. The molecule has 1 spiro atoms. The van der Waals surface area contributed by atoms with Crippen molar-refractivity contribution in [3.8, 4) is 0 Å². The van der Waals surface area contributed by atoms with E-state index in [4.69, 9.17) is 14.2 Å². The highest BCUT2D eigenvalue weighted by atomic mass is 16.7. The Morgan fingerprint density at radius 1 is 1.22 bits per heavy atom. The highest BCUT2D eigenvalue weighted by molar-refractivity contribution is 5.80. The Hall–Kier alpha value is -1.27. The fraction of sp³-hybridized carbons (Fsp3) is 0.611. The molecule has 0 saturated carbocycles. The summed E-state index contributed by atoms with van der Waals surface area (Å²) < 4.78 is 17.7. The lowest BCUT2D eigenvalue weighted by atomic mass is 9.92. The van der Waals surface area contributed by atoms with Crippen LogP contribution in [0.25, 0.3) is 0 Å². The van der Waals surface area contributed by atoms with Crippen molar-refractivity contribution < 1.29 is 24.1 Å². The molecule has 0 radical (unpaired) electrons. The summed E-state index contributed by atoms with van der Waals surface area (Å²) in [5.74, 6) is -0.718. The molecule has 3 rings (SSSR count). The number of hydrogen-bond acceptors (Lipinski definition) is 5. The number of hydrogen-bond donors (Lipinski definition) is 1. The lowest BCUT2D eigenvalue weighted by molar-refractivity contribution is -0.313. The lowest BCUT2D eigenvalue weighted by Crippen LogP contribution is -2.52. The van der Waals surface area contributed by atoms with Gasteiger partial charge in [0.2, 0.25) is 0 Å². The molecule has 1 aromatic carbocycles. The van der Waals surface area contributed by atoms with Gasteiger partial charge in [-0.05, 0) is 18.4 Å². The fourth-order valence-corrected chi connectivity index (χ4v) is 3.35. The van der Waals surface area contributed by atoms with Gasteiger partial charge >= 0.3 is 0 Å². The Kier molecular flexibility index (Phi) is 5.43. The molecule has 2 saturated heterocycles. The minimum atomic E-state index is -0.859. The van der Waals surface area contributed by atoms with E-state index in [1.807, 2.05) is 30.3 Å². The van der Waals surface area contributed by atoms with E-state index >= 15 is 0 Å². The van der Waals surface area contributed by atoms with Crippen LogP contribution in [0.1, 0.15) is 37.7 Å². The first-order valence-electron chi connectivity index (χ1n) is 8.29. The number of benzene rings is 1. The maximum absolute atomic E-state index is 12.1. The van der Waals surface area contributed by atoms with Gasteiger partial charge in [0, 0.05) is 12.8 Å². The number of carbonyl (C=O) groups excluding carboxylic acids is 1. The van der Waals surface area contributed by atoms with Crippen molar-refractivity contribution in [1.82, 2.24) is 0 Å². The van der Waals surface area contributed by atoms with Crippen molar-refractivity contribution in [3.05, 3.63) is 35.9 Å². The van der Waals surface area contributed by atoms with E-state index in [0.29, 0.717) is 26.1 Å². The second kappa shape index (κ2) is 7.53. The molecule has 0 aromatic heterocycles. The number of aliphatic hydroxyl groups is 1. The van der Waals surface area contributed by atoms with Crippen LogP contribution in [0.4, 0.5) is 0 Å². The van der Waals surface area contributed by atoms with Crippen LogP contribution in [0.5, 0.6) is 0 Å². The molecule has 0 amide bonds. The molecular weight excluding hydrogens is 296 g/mol. The van der Waals surface area contributed by atoms with Crippen LogP contribution in [-0.4, -0.2) is 42.1 Å². The quantitative estimate of drug-likeness (QED) is 0.901. The number of ketones is 1. The summed E-state index contributed by atoms with van der Waals surface area (Å²) in [5, 5.41) is 9.31. The number of carbonyl (C=O) groups is 1. The van der Waals surface area contributed by atoms with Gasteiger partial charge in [-0.25, -0.2) is 0 Å². The summed E-state index contributed by atoms with van der Waals surface area (Å²) in [7, 11) is 0. The molecule has 126 valence electrons. The first-order chi connectivity index (χ1) is 11.2. The highest BCUT2D eigenvalue weighted by Gasteiger charge is 2.45. The molecule has 0 bridgehead atoms. The zero-order valence-electron chi connectivity index (χ0n) is 13.3. The smallest absolute Gasteiger partial charge is 0.176 e. The van der Waals surface area contributed by atoms with Gasteiger partial charge in [0.25, 0.3) is 0 Å². The third-order valence-corrected chi connectivity index (χ3v) is 4.39. The van der Waals surface area contributed by atoms with E-state index in [1.165, 1.54) is 0 Å². The van der Waals surface area contributed by atoms with Crippen LogP contribution in [0.2, 0.25) is 0 Å². The summed E-state index contributed by atoms with van der Waals surface area (Å²) in [6.45, 7) is 0.839. The molecule has 0 aliphatic carbocycles. The first-order valence-corrected chi connectivity index (χ1v) is 8.29. The number of rotatable bonds is 5. The topological polar surface area (TPSA) is 65.0 Å². The molecule has 1 N–H and O–H groups in total. The van der Waals surface area contributed by atoms with Crippen molar-refractivity contribution in [2.24, 2.45) is 0 Å². The van der Waals surface area contributed by atoms with Crippen molar-refractivity contribution in [3.63, 3.8) is 0 Å². The van der Waals surface area contributed by atoms with Crippen molar-refractivity contribution in [2.75, 3.05) is 13.2 Å². The average Bonchev–Trinajstić information content (AvgIpc) is 2.55. The first kappa shape index (κ1) is 16.6. The van der Waals surface area contributed by atoms with Crippen molar-refractivity contribution in [1.29, 1.82) is 0 Å². The maximum atomic E-state index is 12.1. The maximum Gasteiger partial charge on any atom is 0.176 e. The zero-order valence-corrected chi connectivity index (χ0v) is 13.3. The van der Waals surface area contributed by atoms with Crippen molar-refractivity contribution >= 4 is 5.78 Å². The van der Waals surface area contributed by atoms with E-state index in [-0.39, 0.29) is 31.0 Å². The van der Waals surface area contributed by atoms with Crippen LogP contribution in [-0.2, 0) is 25.6 Å². The second-order valence-electron chi connectivity index (χ2n) is 6.39.